The zero-order chi connectivity index (χ0) is 13.7. The SMILES string of the molecule is CCc1nc(CCN(CC)CC)nc2c1CCNC2. The van der Waals surface area contributed by atoms with Crippen molar-refractivity contribution in [3.8, 4) is 0 Å². The Kier molecular flexibility index (Phi) is 5.28. The van der Waals surface area contributed by atoms with Gasteiger partial charge in [-0.1, -0.05) is 20.8 Å². The van der Waals surface area contributed by atoms with Crippen molar-refractivity contribution in [1.29, 1.82) is 0 Å². The summed E-state index contributed by atoms with van der Waals surface area (Å²) < 4.78 is 0. The summed E-state index contributed by atoms with van der Waals surface area (Å²) in [6.07, 6.45) is 3.06. The van der Waals surface area contributed by atoms with Gasteiger partial charge in [0.05, 0.1) is 5.69 Å². The second kappa shape index (κ2) is 6.96. The van der Waals surface area contributed by atoms with E-state index in [1.165, 1.54) is 17.0 Å². The molecule has 1 N–H and O–H groups in total. The van der Waals surface area contributed by atoms with E-state index in [1.807, 2.05) is 0 Å². The number of hydrogen-bond acceptors (Lipinski definition) is 4. The van der Waals surface area contributed by atoms with Crippen molar-refractivity contribution in [1.82, 2.24) is 20.2 Å². The molecule has 0 bridgehead atoms. The summed E-state index contributed by atoms with van der Waals surface area (Å²) in [6, 6.07) is 0. The minimum absolute atomic E-state index is 0.906. The van der Waals surface area contributed by atoms with Crippen molar-refractivity contribution < 1.29 is 0 Å². The highest BCUT2D eigenvalue weighted by Gasteiger charge is 2.16. The molecule has 0 radical (unpaired) electrons. The molecule has 0 fully saturated rings. The molecule has 0 saturated heterocycles. The van der Waals surface area contributed by atoms with E-state index in [0.717, 1.165) is 57.8 Å². The maximum atomic E-state index is 4.78. The van der Waals surface area contributed by atoms with E-state index in [4.69, 9.17) is 9.97 Å². The Labute approximate surface area is 116 Å². The lowest BCUT2D eigenvalue weighted by Gasteiger charge is -2.21. The molecule has 1 aliphatic rings. The minimum Gasteiger partial charge on any atom is -0.311 e. The fourth-order valence-electron chi connectivity index (χ4n) is 2.70. The number of rotatable bonds is 6. The van der Waals surface area contributed by atoms with Crippen molar-refractivity contribution in [3.63, 3.8) is 0 Å². The smallest absolute Gasteiger partial charge is 0.130 e. The lowest BCUT2D eigenvalue weighted by molar-refractivity contribution is 0.305. The Morgan fingerprint density at radius 1 is 1.16 bits per heavy atom. The van der Waals surface area contributed by atoms with Gasteiger partial charge in [0, 0.05) is 25.2 Å². The first-order valence-electron chi connectivity index (χ1n) is 7.59. The molecular formula is C15H26N4. The van der Waals surface area contributed by atoms with Gasteiger partial charge in [0.1, 0.15) is 5.82 Å². The molecule has 0 unspecified atom stereocenters. The largest absolute Gasteiger partial charge is 0.311 e. The number of fused-ring (bicyclic) bond motifs is 1. The second-order valence-electron chi connectivity index (χ2n) is 5.07. The summed E-state index contributed by atoms with van der Waals surface area (Å²) in [5, 5.41) is 3.41. The van der Waals surface area contributed by atoms with E-state index in [2.05, 4.69) is 31.0 Å². The standard InChI is InChI=1S/C15H26N4/c1-4-13-12-7-9-16-11-14(12)18-15(17-13)8-10-19(5-2)6-3/h16H,4-11H2,1-3H3. The molecule has 0 aliphatic carbocycles. The van der Waals surface area contributed by atoms with Crippen molar-refractivity contribution in [3.05, 3.63) is 22.8 Å². The fourth-order valence-corrected chi connectivity index (χ4v) is 2.70. The van der Waals surface area contributed by atoms with Crippen LogP contribution in [0.3, 0.4) is 0 Å². The van der Waals surface area contributed by atoms with Gasteiger partial charge in [0.2, 0.25) is 0 Å². The van der Waals surface area contributed by atoms with Crippen LogP contribution < -0.4 is 5.32 Å². The average Bonchev–Trinajstić information content (AvgIpc) is 2.47. The summed E-state index contributed by atoms with van der Waals surface area (Å²) in [7, 11) is 0. The van der Waals surface area contributed by atoms with Crippen molar-refractivity contribution in [2.45, 2.75) is 46.6 Å². The van der Waals surface area contributed by atoms with E-state index < -0.39 is 0 Å². The van der Waals surface area contributed by atoms with E-state index >= 15 is 0 Å². The Morgan fingerprint density at radius 2 is 1.95 bits per heavy atom. The van der Waals surface area contributed by atoms with Gasteiger partial charge in [-0.25, -0.2) is 9.97 Å². The second-order valence-corrected chi connectivity index (χ2v) is 5.07. The number of nitrogens with zero attached hydrogens (tertiary/aromatic N) is 3. The summed E-state index contributed by atoms with van der Waals surface area (Å²) in [5.74, 6) is 1.02. The van der Waals surface area contributed by atoms with Crippen LogP contribution in [-0.2, 0) is 25.8 Å². The lowest BCUT2D eigenvalue weighted by atomic mass is 10.0. The first-order chi connectivity index (χ1) is 9.28. The van der Waals surface area contributed by atoms with Gasteiger partial charge in [0.25, 0.3) is 0 Å². The fraction of sp³-hybridized carbons (Fsp3) is 0.733. The molecule has 1 aliphatic heterocycles. The zero-order valence-electron chi connectivity index (χ0n) is 12.5. The van der Waals surface area contributed by atoms with Crippen LogP contribution in [0.5, 0.6) is 0 Å². The zero-order valence-corrected chi connectivity index (χ0v) is 12.5. The van der Waals surface area contributed by atoms with Crippen LogP contribution in [0.1, 0.15) is 43.5 Å². The molecule has 0 atom stereocenters. The van der Waals surface area contributed by atoms with Crippen molar-refractivity contribution >= 4 is 0 Å². The Balaban J connectivity index is 2.13. The molecule has 19 heavy (non-hydrogen) atoms. The molecule has 4 heteroatoms. The van der Waals surface area contributed by atoms with Gasteiger partial charge in [-0.3, -0.25) is 0 Å². The third-order valence-electron chi connectivity index (χ3n) is 3.95. The van der Waals surface area contributed by atoms with Gasteiger partial charge in [-0.2, -0.15) is 0 Å². The van der Waals surface area contributed by atoms with Gasteiger partial charge in [-0.05, 0) is 38.0 Å². The lowest BCUT2D eigenvalue weighted by Crippen LogP contribution is -2.29. The van der Waals surface area contributed by atoms with Crippen molar-refractivity contribution in [2.24, 2.45) is 0 Å². The van der Waals surface area contributed by atoms with E-state index in [-0.39, 0.29) is 0 Å². The number of likely N-dealkylation sites (N-methyl/N-ethyl adjacent to an activating group) is 1. The summed E-state index contributed by atoms with van der Waals surface area (Å²) >= 11 is 0. The number of hydrogen-bond donors (Lipinski definition) is 1. The summed E-state index contributed by atoms with van der Waals surface area (Å²) in [4.78, 5) is 12.0. The molecule has 0 spiro atoms. The van der Waals surface area contributed by atoms with Crippen LogP contribution in [0.25, 0.3) is 0 Å². The topological polar surface area (TPSA) is 41.1 Å². The van der Waals surface area contributed by atoms with Crippen LogP contribution in [0.2, 0.25) is 0 Å². The Hall–Kier alpha value is -1.00. The van der Waals surface area contributed by atoms with E-state index in [9.17, 15) is 0 Å². The van der Waals surface area contributed by atoms with Crippen molar-refractivity contribution in [2.75, 3.05) is 26.2 Å². The quantitative estimate of drug-likeness (QED) is 0.845. The predicted octanol–water partition coefficient (Wildman–Crippen LogP) is 1.57. The number of aromatic nitrogens is 2. The number of aryl methyl sites for hydroxylation is 1. The minimum atomic E-state index is 0.906. The van der Waals surface area contributed by atoms with E-state index in [0.29, 0.717) is 0 Å². The molecule has 0 aromatic carbocycles. The first-order valence-corrected chi connectivity index (χ1v) is 7.59. The van der Waals surface area contributed by atoms with Crippen LogP contribution in [0.4, 0.5) is 0 Å². The number of nitrogens with one attached hydrogen (secondary N) is 1. The third kappa shape index (κ3) is 3.51. The van der Waals surface area contributed by atoms with Gasteiger partial charge in [0.15, 0.2) is 0 Å². The molecular weight excluding hydrogens is 236 g/mol. The molecule has 0 saturated carbocycles. The maximum Gasteiger partial charge on any atom is 0.130 e. The average molecular weight is 262 g/mol. The molecule has 1 aromatic heterocycles. The highest BCUT2D eigenvalue weighted by Crippen LogP contribution is 2.16. The van der Waals surface area contributed by atoms with Crippen LogP contribution in [0.15, 0.2) is 0 Å². The predicted molar refractivity (Wildman–Crippen MR) is 78.3 cm³/mol. The molecule has 2 heterocycles. The summed E-state index contributed by atoms with van der Waals surface area (Å²) in [5.41, 5.74) is 3.89. The van der Waals surface area contributed by atoms with Gasteiger partial charge < -0.3 is 10.2 Å². The van der Waals surface area contributed by atoms with Crippen LogP contribution >= 0.6 is 0 Å². The molecule has 4 nitrogen and oxygen atoms in total. The molecule has 0 amide bonds. The highest BCUT2D eigenvalue weighted by atomic mass is 15.1. The van der Waals surface area contributed by atoms with E-state index in [1.54, 1.807) is 0 Å². The first kappa shape index (κ1) is 14.4. The van der Waals surface area contributed by atoms with Gasteiger partial charge >= 0.3 is 0 Å². The normalized spacial score (nSPS) is 14.7. The van der Waals surface area contributed by atoms with Gasteiger partial charge in [-0.15, -0.1) is 0 Å². The molecule has 106 valence electrons. The maximum absolute atomic E-state index is 4.78. The molecule has 1 aromatic rings. The van der Waals surface area contributed by atoms with Crippen LogP contribution in [-0.4, -0.2) is 41.0 Å². The molecule has 2 rings (SSSR count). The monoisotopic (exact) mass is 262 g/mol. The Morgan fingerprint density at radius 3 is 2.63 bits per heavy atom. The highest BCUT2D eigenvalue weighted by molar-refractivity contribution is 5.28. The van der Waals surface area contributed by atoms with Crippen LogP contribution in [0, 0.1) is 0 Å². The Bertz CT molecular complexity index is 396. The summed E-state index contributed by atoms with van der Waals surface area (Å²) in [6.45, 7) is 11.8. The third-order valence-corrected chi connectivity index (χ3v) is 3.95.